The van der Waals surface area contributed by atoms with E-state index in [-0.39, 0.29) is 50.0 Å². The molecule has 2 fully saturated rings. The molecule has 0 aromatic carbocycles. The predicted octanol–water partition coefficient (Wildman–Crippen LogP) is -0.152. The first kappa shape index (κ1) is 31.1. The quantitative estimate of drug-likeness (QED) is 0.0725. The Labute approximate surface area is 222 Å². The van der Waals surface area contributed by atoms with Gasteiger partial charge in [0.05, 0.1) is 45.5 Å². The normalized spacial score (nSPS) is 23.2. The highest BCUT2D eigenvalue weighted by Gasteiger charge is 2.42. The van der Waals surface area contributed by atoms with Gasteiger partial charge < -0.3 is 39.8 Å². The number of hydrogen-bond acceptors (Lipinski definition) is 10. The van der Waals surface area contributed by atoms with Crippen LogP contribution in [-0.4, -0.2) is 118 Å². The number of esters is 1. The summed E-state index contributed by atoms with van der Waals surface area (Å²) >= 11 is 4.35. The highest BCUT2D eigenvalue weighted by atomic mass is 33.1. The lowest BCUT2D eigenvalue weighted by Crippen LogP contribution is -2.47. The summed E-state index contributed by atoms with van der Waals surface area (Å²) in [4.78, 5) is 39.5. The number of nitrogens with zero attached hydrogens (tertiary/aromatic N) is 1. The third-order valence-corrected chi connectivity index (χ3v) is 6.80. The van der Waals surface area contributed by atoms with Gasteiger partial charge in [0.15, 0.2) is 0 Å². The Morgan fingerprint density at radius 1 is 1.11 bits per heavy atom. The summed E-state index contributed by atoms with van der Waals surface area (Å²) in [5.41, 5.74) is 0. The van der Waals surface area contributed by atoms with E-state index in [1.165, 1.54) is 4.90 Å². The number of nitrogens with one attached hydrogen (secondary N) is 3. The van der Waals surface area contributed by atoms with Crippen molar-refractivity contribution >= 4 is 39.4 Å². The van der Waals surface area contributed by atoms with E-state index in [9.17, 15) is 14.4 Å². The van der Waals surface area contributed by atoms with Crippen LogP contribution in [0.1, 0.15) is 33.1 Å². The minimum Gasteiger partial charge on any atom is -0.459 e. The molecule has 210 valence electrons. The van der Waals surface area contributed by atoms with Gasteiger partial charge in [0.2, 0.25) is 11.8 Å². The number of hydrogen-bond donors (Lipinski definition) is 5. The molecule has 0 aromatic heterocycles. The molecule has 0 aliphatic carbocycles. The fourth-order valence-corrected chi connectivity index (χ4v) is 4.55. The average Bonchev–Trinajstić information content (AvgIpc) is 3.51. The molecule has 2 rings (SSSR count). The third kappa shape index (κ3) is 12.0. The first-order chi connectivity index (χ1) is 17.3. The molecule has 2 saturated heterocycles. The van der Waals surface area contributed by atoms with Crippen LogP contribution in [0.4, 0.5) is 0 Å². The minimum atomic E-state index is -0.711. The summed E-state index contributed by atoms with van der Waals surface area (Å²) in [7, 11) is -0.618. The molecule has 0 bridgehead atoms. The van der Waals surface area contributed by atoms with Crippen molar-refractivity contribution in [2.45, 2.75) is 57.3 Å². The SMILES string of the molecule is CC(C)NCCOCCOCCOCC(=O)N1CC(OC(=O)C2CCCN2)CC1C(=O)NC[SH](C)S. The Balaban J connectivity index is 1.71. The summed E-state index contributed by atoms with van der Waals surface area (Å²) in [6.07, 6.45) is 3.32. The molecule has 2 heterocycles. The largest absolute Gasteiger partial charge is 0.459 e. The second-order valence-corrected chi connectivity index (χ2v) is 12.9. The van der Waals surface area contributed by atoms with E-state index in [4.69, 9.17) is 18.9 Å². The predicted molar refractivity (Wildman–Crippen MR) is 144 cm³/mol. The van der Waals surface area contributed by atoms with E-state index in [1.54, 1.807) is 0 Å². The van der Waals surface area contributed by atoms with Crippen molar-refractivity contribution in [2.75, 3.05) is 71.4 Å². The van der Waals surface area contributed by atoms with Gasteiger partial charge in [-0.3, -0.25) is 14.4 Å². The monoisotopic (exact) mass is 552 g/mol. The molecule has 4 atom stereocenters. The lowest BCUT2D eigenvalue weighted by Gasteiger charge is -2.24. The Kier molecular flexibility index (Phi) is 15.1. The van der Waals surface area contributed by atoms with E-state index in [0.29, 0.717) is 38.3 Å². The minimum absolute atomic E-state index is 0.167. The van der Waals surface area contributed by atoms with Crippen LogP contribution in [0, 0.1) is 0 Å². The summed E-state index contributed by atoms with van der Waals surface area (Å²) in [5, 5.41) is 9.22. The average molecular weight is 553 g/mol. The molecular formula is C23H44N4O7S2. The Morgan fingerprint density at radius 2 is 1.81 bits per heavy atom. The van der Waals surface area contributed by atoms with Crippen molar-refractivity contribution in [2.24, 2.45) is 0 Å². The van der Waals surface area contributed by atoms with Gasteiger partial charge in [0, 0.05) is 19.0 Å². The molecule has 3 N–H and O–H groups in total. The number of carbonyl (C=O) groups is 3. The van der Waals surface area contributed by atoms with Crippen molar-refractivity contribution in [3.63, 3.8) is 0 Å². The van der Waals surface area contributed by atoms with Crippen molar-refractivity contribution in [3.05, 3.63) is 0 Å². The molecule has 2 amide bonds. The van der Waals surface area contributed by atoms with Crippen LogP contribution in [0.25, 0.3) is 0 Å². The molecule has 0 radical (unpaired) electrons. The maximum Gasteiger partial charge on any atom is 0.323 e. The second kappa shape index (κ2) is 17.4. The van der Waals surface area contributed by atoms with Crippen LogP contribution in [0.5, 0.6) is 0 Å². The topological polar surface area (TPSA) is 127 Å². The highest BCUT2D eigenvalue weighted by molar-refractivity contribution is 8.77. The number of thiol groups is 2. The van der Waals surface area contributed by atoms with Gasteiger partial charge in [-0.05, 0) is 25.6 Å². The molecule has 0 aromatic rings. The van der Waals surface area contributed by atoms with E-state index < -0.39 is 22.1 Å². The van der Waals surface area contributed by atoms with Gasteiger partial charge >= 0.3 is 5.97 Å². The lowest BCUT2D eigenvalue weighted by molar-refractivity contribution is -0.151. The Morgan fingerprint density at radius 3 is 2.44 bits per heavy atom. The van der Waals surface area contributed by atoms with E-state index in [0.717, 1.165) is 25.9 Å². The lowest BCUT2D eigenvalue weighted by atomic mass is 10.2. The second-order valence-electron chi connectivity index (χ2n) is 9.25. The molecule has 2 aliphatic heterocycles. The van der Waals surface area contributed by atoms with Crippen molar-refractivity contribution in [1.82, 2.24) is 20.9 Å². The first-order valence-corrected chi connectivity index (χ1v) is 15.8. The number of amides is 2. The van der Waals surface area contributed by atoms with E-state index >= 15 is 0 Å². The van der Waals surface area contributed by atoms with Crippen LogP contribution in [0.2, 0.25) is 0 Å². The van der Waals surface area contributed by atoms with Crippen molar-refractivity contribution in [1.29, 1.82) is 0 Å². The zero-order valence-electron chi connectivity index (χ0n) is 21.7. The zero-order valence-corrected chi connectivity index (χ0v) is 23.5. The Hall–Kier alpha value is -1.09. The standard InChI is InChI=1S/C23H44N4O7S2/c1-17(2)24-7-8-31-9-10-32-11-12-33-15-21(28)27-14-18(34-23(30)19-5-4-6-25-19)13-20(27)22(29)26-16-36(3)35/h17-20,24-25,35-36H,4-16H2,1-3H3,(H,26,29). The van der Waals surface area contributed by atoms with Gasteiger partial charge in [-0.2, -0.15) is 9.93 Å². The molecule has 11 nitrogen and oxygen atoms in total. The van der Waals surface area contributed by atoms with Crippen LogP contribution in [-0.2, 0) is 33.3 Å². The molecule has 4 unspecified atom stereocenters. The van der Waals surface area contributed by atoms with Gasteiger partial charge in [-0.1, -0.05) is 13.8 Å². The van der Waals surface area contributed by atoms with Gasteiger partial charge in [-0.25, -0.2) is 0 Å². The van der Waals surface area contributed by atoms with Gasteiger partial charge in [-0.15, -0.1) is 11.7 Å². The van der Waals surface area contributed by atoms with E-state index in [1.807, 2.05) is 6.26 Å². The fourth-order valence-electron chi connectivity index (χ4n) is 3.95. The smallest absolute Gasteiger partial charge is 0.323 e. The number of likely N-dealkylation sites (tertiary alicyclic amines) is 1. The van der Waals surface area contributed by atoms with Crippen molar-refractivity contribution in [3.8, 4) is 0 Å². The maximum absolute atomic E-state index is 12.9. The summed E-state index contributed by atoms with van der Waals surface area (Å²) in [5.74, 6) is -0.473. The molecule has 0 spiro atoms. The van der Waals surface area contributed by atoms with E-state index in [2.05, 4.69) is 41.5 Å². The Bertz CT molecular complexity index is 681. The molecule has 36 heavy (non-hydrogen) atoms. The summed E-state index contributed by atoms with van der Waals surface area (Å²) < 4.78 is 22.0. The van der Waals surface area contributed by atoms with Crippen LogP contribution >= 0.6 is 21.6 Å². The van der Waals surface area contributed by atoms with Crippen molar-refractivity contribution < 1.29 is 33.3 Å². The summed E-state index contributed by atoms with van der Waals surface area (Å²) in [6.45, 7) is 7.88. The molecule has 2 aliphatic rings. The highest BCUT2D eigenvalue weighted by Crippen LogP contribution is 2.25. The van der Waals surface area contributed by atoms with Gasteiger partial charge in [0.1, 0.15) is 24.8 Å². The number of ether oxygens (including phenoxy) is 4. The first-order valence-electron chi connectivity index (χ1n) is 12.7. The fraction of sp³-hybridized carbons (Fsp3) is 0.870. The van der Waals surface area contributed by atoms with Crippen LogP contribution in [0.3, 0.4) is 0 Å². The number of carbonyl (C=O) groups excluding carboxylic acids is 3. The molecular weight excluding hydrogens is 508 g/mol. The molecule has 13 heteroatoms. The maximum atomic E-state index is 12.9. The van der Waals surface area contributed by atoms with Crippen LogP contribution < -0.4 is 16.0 Å². The third-order valence-electron chi connectivity index (χ3n) is 5.76. The zero-order chi connectivity index (χ0) is 26.3. The molecule has 0 saturated carbocycles. The number of rotatable bonds is 17. The summed E-state index contributed by atoms with van der Waals surface area (Å²) in [6, 6.07) is -0.597. The van der Waals surface area contributed by atoms with Crippen LogP contribution in [0.15, 0.2) is 0 Å². The van der Waals surface area contributed by atoms with Gasteiger partial charge in [0.25, 0.3) is 0 Å².